The van der Waals surface area contributed by atoms with E-state index in [4.69, 9.17) is 0 Å². The van der Waals surface area contributed by atoms with Crippen molar-refractivity contribution in [2.24, 2.45) is 5.10 Å². The van der Waals surface area contributed by atoms with Gasteiger partial charge in [-0.2, -0.15) is 5.10 Å². The molecule has 5 heteroatoms. The highest BCUT2D eigenvalue weighted by atomic mass is 16.2. The topological polar surface area (TPSA) is 74.3 Å². The lowest BCUT2D eigenvalue weighted by Gasteiger charge is -2.01. The van der Waals surface area contributed by atoms with Crippen molar-refractivity contribution in [3.05, 3.63) is 81.6 Å². The molecular formula is C18H15N3O2. The van der Waals surface area contributed by atoms with E-state index in [1.165, 1.54) is 6.21 Å². The molecule has 0 aliphatic rings. The molecule has 0 fully saturated rings. The Balaban J connectivity index is 1.79. The van der Waals surface area contributed by atoms with Crippen molar-refractivity contribution in [3.63, 3.8) is 0 Å². The van der Waals surface area contributed by atoms with Crippen LogP contribution in [0.2, 0.25) is 0 Å². The SMILES string of the molecule is Cc1cccc(C(=O)N/N=C/c2cc3ccccc3[nH]c2=O)c1. The fourth-order valence-corrected chi connectivity index (χ4v) is 2.27. The van der Waals surface area contributed by atoms with Crippen molar-refractivity contribution in [2.75, 3.05) is 0 Å². The minimum Gasteiger partial charge on any atom is -0.321 e. The fraction of sp³-hybridized carbons (Fsp3) is 0.0556. The Hall–Kier alpha value is -3.21. The second-order valence-corrected chi connectivity index (χ2v) is 5.21. The maximum atomic E-state index is 12.0. The van der Waals surface area contributed by atoms with Crippen molar-refractivity contribution >= 4 is 23.0 Å². The third-order valence-electron chi connectivity index (χ3n) is 3.43. The minimum atomic E-state index is -0.317. The Kier molecular flexibility index (Phi) is 4.01. The highest BCUT2D eigenvalue weighted by molar-refractivity contribution is 5.95. The molecule has 114 valence electrons. The molecule has 0 spiro atoms. The van der Waals surface area contributed by atoms with E-state index < -0.39 is 0 Å². The molecule has 1 aromatic heterocycles. The lowest BCUT2D eigenvalue weighted by molar-refractivity contribution is 0.0955. The predicted octanol–water partition coefficient (Wildman–Crippen LogP) is 2.60. The molecule has 3 rings (SSSR count). The zero-order chi connectivity index (χ0) is 16.2. The number of amides is 1. The van der Waals surface area contributed by atoms with E-state index in [-0.39, 0.29) is 11.5 Å². The van der Waals surface area contributed by atoms with Gasteiger partial charge in [0.25, 0.3) is 11.5 Å². The summed E-state index contributed by atoms with van der Waals surface area (Å²) in [5.74, 6) is -0.317. The summed E-state index contributed by atoms with van der Waals surface area (Å²) in [6.45, 7) is 1.91. The van der Waals surface area contributed by atoms with Gasteiger partial charge in [-0.15, -0.1) is 0 Å². The van der Waals surface area contributed by atoms with E-state index >= 15 is 0 Å². The van der Waals surface area contributed by atoms with Gasteiger partial charge < -0.3 is 4.98 Å². The second-order valence-electron chi connectivity index (χ2n) is 5.21. The zero-order valence-corrected chi connectivity index (χ0v) is 12.5. The van der Waals surface area contributed by atoms with Crippen LogP contribution >= 0.6 is 0 Å². The molecule has 0 aliphatic carbocycles. The number of hydrogen-bond acceptors (Lipinski definition) is 3. The van der Waals surface area contributed by atoms with Gasteiger partial charge in [-0.1, -0.05) is 35.9 Å². The lowest BCUT2D eigenvalue weighted by Crippen LogP contribution is -2.19. The largest absolute Gasteiger partial charge is 0.321 e. The average molecular weight is 305 g/mol. The minimum absolute atomic E-state index is 0.253. The van der Waals surface area contributed by atoms with Crippen molar-refractivity contribution < 1.29 is 4.79 Å². The van der Waals surface area contributed by atoms with Gasteiger partial charge in [0, 0.05) is 11.1 Å². The van der Waals surface area contributed by atoms with Crippen LogP contribution in [0.3, 0.4) is 0 Å². The van der Waals surface area contributed by atoms with Gasteiger partial charge in [-0.25, -0.2) is 5.43 Å². The summed E-state index contributed by atoms with van der Waals surface area (Å²) in [7, 11) is 0. The third kappa shape index (κ3) is 3.35. The Bertz CT molecular complexity index is 958. The van der Waals surface area contributed by atoms with Gasteiger partial charge in [0.2, 0.25) is 0 Å². The summed E-state index contributed by atoms with van der Waals surface area (Å²) >= 11 is 0. The number of para-hydroxylation sites is 1. The van der Waals surface area contributed by atoms with Gasteiger partial charge in [0.1, 0.15) is 0 Å². The standard InChI is InChI=1S/C18H15N3O2/c1-12-5-4-7-14(9-12)18(23)21-19-11-15-10-13-6-2-3-8-16(13)20-17(15)22/h2-11H,1H3,(H,20,22)(H,21,23)/b19-11+. The van der Waals surface area contributed by atoms with E-state index in [9.17, 15) is 9.59 Å². The van der Waals surface area contributed by atoms with Crippen LogP contribution < -0.4 is 11.0 Å². The van der Waals surface area contributed by atoms with Crippen LogP contribution in [-0.2, 0) is 0 Å². The number of benzene rings is 2. The monoisotopic (exact) mass is 305 g/mol. The third-order valence-corrected chi connectivity index (χ3v) is 3.43. The molecule has 2 N–H and O–H groups in total. The van der Waals surface area contributed by atoms with E-state index in [2.05, 4.69) is 15.5 Å². The average Bonchev–Trinajstić information content (AvgIpc) is 2.55. The van der Waals surface area contributed by atoms with E-state index in [1.807, 2.05) is 43.3 Å². The number of aromatic amines is 1. The molecule has 0 saturated carbocycles. The number of hydrazone groups is 1. The summed E-state index contributed by atoms with van der Waals surface area (Å²) in [6, 6.07) is 16.4. The van der Waals surface area contributed by atoms with Gasteiger partial charge in [-0.3, -0.25) is 9.59 Å². The Morgan fingerprint density at radius 1 is 1.13 bits per heavy atom. The molecule has 0 aliphatic heterocycles. The Morgan fingerprint density at radius 3 is 2.78 bits per heavy atom. The molecule has 0 unspecified atom stereocenters. The molecule has 0 bridgehead atoms. The quantitative estimate of drug-likeness (QED) is 0.576. The number of nitrogens with zero attached hydrogens (tertiary/aromatic N) is 1. The number of carbonyl (C=O) groups excluding carboxylic acids is 1. The number of nitrogens with one attached hydrogen (secondary N) is 2. The van der Waals surface area contributed by atoms with Gasteiger partial charge in [0.05, 0.1) is 11.8 Å². The molecule has 0 radical (unpaired) electrons. The van der Waals surface area contributed by atoms with Crippen molar-refractivity contribution in [1.82, 2.24) is 10.4 Å². The molecule has 0 saturated heterocycles. The number of hydrogen-bond donors (Lipinski definition) is 2. The molecule has 2 aromatic carbocycles. The number of fused-ring (bicyclic) bond motifs is 1. The van der Waals surface area contributed by atoms with Crippen LogP contribution in [0.25, 0.3) is 10.9 Å². The normalized spacial score (nSPS) is 11.0. The number of carbonyl (C=O) groups is 1. The summed E-state index contributed by atoms with van der Waals surface area (Å²) in [6.07, 6.45) is 1.35. The highest BCUT2D eigenvalue weighted by Gasteiger charge is 2.04. The smallest absolute Gasteiger partial charge is 0.271 e. The molecular weight excluding hydrogens is 290 g/mol. The maximum absolute atomic E-state index is 12.0. The van der Waals surface area contributed by atoms with Gasteiger partial charge >= 0.3 is 0 Å². The van der Waals surface area contributed by atoms with Crippen molar-refractivity contribution in [1.29, 1.82) is 0 Å². The van der Waals surface area contributed by atoms with Crippen LogP contribution in [-0.4, -0.2) is 17.1 Å². The Morgan fingerprint density at radius 2 is 1.96 bits per heavy atom. The van der Waals surface area contributed by atoms with Crippen LogP contribution in [0, 0.1) is 6.92 Å². The van der Waals surface area contributed by atoms with Crippen molar-refractivity contribution in [3.8, 4) is 0 Å². The lowest BCUT2D eigenvalue weighted by atomic mass is 10.1. The first-order valence-electron chi connectivity index (χ1n) is 7.15. The summed E-state index contributed by atoms with van der Waals surface area (Å²) < 4.78 is 0. The molecule has 23 heavy (non-hydrogen) atoms. The number of H-pyrrole nitrogens is 1. The first-order chi connectivity index (χ1) is 11.1. The molecule has 1 amide bonds. The van der Waals surface area contributed by atoms with Crippen LogP contribution in [0.5, 0.6) is 0 Å². The number of pyridine rings is 1. The van der Waals surface area contributed by atoms with Crippen LogP contribution in [0.1, 0.15) is 21.5 Å². The molecule has 3 aromatic rings. The van der Waals surface area contributed by atoms with Crippen molar-refractivity contribution in [2.45, 2.75) is 6.92 Å². The predicted molar refractivity (Wildman–Crippen MR) is 90.8 cm³/mol. The second kappa shape index (κ2) is 6.27. The Labute approximate surface area is 132 Å². The van der Waals surface area contributed by atoms with Crippen LogP contribution in [0.4, 0.5) is 0 Å². The fourth-order valence-electron chi connectivity index (χ4n) is 2.27. The van der Waals surface area contributed by atoms with Gasteiger partial charge in [-0.05, 0) is 36.6 Å². The number of aromatic nitrogens is 1. The van der Waals surface area contributed by atoms with Crippen LogP contribution in [0.15, 0.2) is 64.5 Å². The molecule has 1 heterocycles. The number of aryl methyl sites for hydroxylation is 1. The highest BCUT2D eigenvalue weighted by Crippen LogP contribution is 2.09. The first kappa shape index (κ1) is 14.7. The number of rotatable bonds is 3. The van der Waals surface area contributed by atoms with E-state index in [0.717, 1.165) is 16.5 Å². The zero-order valence-electron chi connectivity index (χ0n) is 12.5. The van der Waals surface area contributed by atoms with E-state index in [1.54, 1.807) is 18.2 Å². The summed E-state index contributed by atoms with van der Waals surface area (Å²) in [4.78, 5) is 26.7. The van der Waals surface area contributed by atoms with E-state index in [0.29, 0.717) is 11.1 Å². The van der Waals surface area contributed by atoms with Gasteiger partial charge in [0.15, 0.2) is 0 Å². The molecule has 5 nitrogen and oxygen atoms in total. The maximum Gasteiger partial charge on any atom is 0.271 e. The first-order valence-corrected chi connectivity index (χ1v) is 7.15. The summed E-state index contributed by atoms with van der Waals surface area (Å²) in [5, 5.41) is 4.77. The molecule has 0 atom stereocenters. The summed E-state index contributed by atoms with van der Waals surface area (Å²) in [5.41, 5.74) is 4.84.